The lowest BCUT2D eigenvalue weighted by molar-refractivity contribution is 0.0941. The Morgan fingerprint density at radius 3 is 2.29 bits per heavy atom. The maximum Gasteiger partial charge on any atom is 0.208 e. The lowest BCUT2D eigenvalue weighted by Crippen LogP contribution is -2.27. The summed E-state index contributed by atoms with van der Waals surface area (Å²) < 4.78 is 7.38. The minimum Gasteiger partial charge on any atom is -0.464 e. The Labute approximate surface area is 204 Å². The molecule has 0 saturated heterocycles. The van der Waals surface area contributed by atoms with Crippen molar-refractivity contribution in [3.05, 3.63) is 139 Å². The molecule has 3 aromatic carbocycles. The van der Waals surface area contributed by atoms with Crippen LogP contribution in [0.15, 0.2) is 126 Å². The van der Waals surface area contributed by atoms with Crippen LogP contribution in [0.2, 0.25) is 0 Å². The number of hydrogen-bond donors (Lipinski definition) is 0. The summed E-state index contributed by atoms with van der Waals surface area (Å²) in [6.45, 7) is 4.08. The fourth-order valence-corrected chi connectivity index (χ4v) is 4.33. The number of aliphatic imine (C=N–C) groups is 1. The van der Waals surface area contributed by atoms with Gasteiger partial charge in [-0.3, -0.25) is 9.79 Å². The maximum absolute atomic E-state index is 13.9. The van der Waals surface area contributed by atoms with Crippen LogP contribution in [0, 0.1) is 0 Å². The van der Waals surface area contributed by atoms with Crippen LogP contribution in [-0.4, -0.2) is 27.1 Å². The molecule has 5 rings (SSSR count). The van der Waals surface area contributed by atoms with E-state index in [-0.39, 0.29) is 5.78 Å². The lowest BCUT2D eigenvalue weighted by Gasteiger charge is -2.22. The molecule has 5 heteroatoms. The van der Waals surface area contributed by atoms with Gasteiger partial charge in [-0.25, -0.2) is 4.98 Å². The molecule has 0 saturated carbocycles. The molecule has 0 aliphatic carbocycles. The van der Waals surface area contributed by atoms with Gasteiger partial charge in [-0.1, -0.05) is 78.9 Å². The summed E-state index contributed by atoms with van der Waals surface area (Å²) in [4.78, 5) is 23.4. The third-order valence-corrected chi connectivity index (χ3v) is 6.12. The minimum absolute atomic E-state index is 0.127. The average Bonchev–Trinajstić information content (AvgIpc) is 3.55. The Morgan fingerprint density at radius 1 is 1.00 bits per heavy atom. The van der Waals surface area contributed by atoms with Gasteiger partial charge in [-0.15, -0.1) is 6.58 Å². The second kappa shape index (κ2) is 9.77. The number of hydrogen-bond acceptors (Lipinski definition) is 4. The van der Waals surface area contributed by atoms with E-state index < -0.39 is 12.0 Å². The molecular formula is C30H25N3O2. The standard InChI is InChI=1S/C30H25N3O2/c1-3-25(32-28(22-10-6-4-7-11-22)23-12-8-5-9-13-23)27(29(34)30-31-17-18-33(30)2)24-15-14-21-16-19-35-26(21)20-24/h3-20,25,27H,1H2,2H3/t25-,27-/m0/s1. The van der Waals surface area contributed by atoms with Crippen molar-refractivity contribution in [2.45, 2.75) is 12.0 Å². The van der Waals surface area contributed by atoms with Crippen LogP contribution >= 0.6 is 0 Å². The highest BCUT2D eigenvalue weighted by molar-refractivity contribution is 6.13. The summed E-state index contributed by atoms with van der Waals surface area (Å²) in [7, 11) is 1.82. The van der Waals surface area contributed by atoms with Crippen molar-refractivity contribution < 1.29 is 9.21 Å². The van der Waals surface area contributed by atoms with E-state index in [0.717, 1.165) is 33.4 Å². The van der Waals surface area contributed by atoms with Crippen molar-refractivity contribution in [3.8, 4) is 0 Å². The smallest absolute Gasteiger partial charge is 0.208 e. The highest BCUT2D eigenvalue weighted by atomic mass is 16.3. The predicted molar refractivity (Wildman–Crippen MR) is 139 cm³/mol. The van der Waals surface area contributed by atoms with Gasteiger partial charge >= 0.3 is 0 Å². The quantitative estimate of drug-likeness (QED) is 0.157. The molecule has 5 aromatic rings. The molecule has 0 aliphatic rings. The number of benzene rings is 3. The van der Waals surface area contributed by atoms with Gasteiger partial charge in [-0.2, -0.15) is 0 Å². The van der Waals surface area contributed by atoms with Gasteiger partial charge in [0.1, 0.15) is 5.58 Å². The molecule has 35 heavy (non-hydrogen) atoms. The molecule has 0 fully saturated rings. The van der Waals surface area contributed by atoms with Gasteiger partial charge < -0.3 is 8.98 Å². The Kier molecular flexibility index (Phi) is 6.22. The molecule has 0 radical (unpaired) electrons. The number of imidazole rings is 1. The Hall–Kier alpha value is -4.51. The second-order valence-electron chi connectivity index (χ2n) is 8.36. The fraction of sp³-hybridized carbons (Fsp3) is 0.100. The maximum atomic E-state index is 13.9. The summed E-state index contributed by atoms with van der Waals surface area (Å²) in [5, 5.41) is 0.977. The Morgan fingerprint density at radius 2 is 1.69 bits per heavy atom. The average molecular weight is 460 g/mol. The summed E-state index contributed by atoms with van der Waals surface area (Å²) >= 11 is 0. The molecule has 2 aromatic heterocycles. The lowest BCUT2D eigenvalue weighted by atomic mass is 9.86. The number of fused-ring (bicyclic) bond motifs is 1. The fourth-order valence-electron chi connectivity index (χ4n) is 4.33. The molecule has 2 atom stereocenters. The third kappa shape index (κ3) is 4.49. The number of Topliss-reactive ketones (excluding diaryl/α,β-unsaturated/α-hetero) is 1. The molecule has 0 spiro atoms. The van der Waals surface area contributed by atoms with Crippen LogP contribution in [0.25, 0.3) is 11.0 Å². The third-order valence-electron chi connectivity index (χ3n) is 6.12. The van der Waals surface area contributed by atoms with Gasteiger partial charge in [0.2, 0.25) is 5.78 Å². The number of carbonyl (C=O) groups excluding carboxylic acids is 1. The summed E-state index contributed by atoms with van der Waals surface area (Å²) in [6, 6.07) is 27.2. The van der Waals surface area contributed by atoms with E-state index in [0.29, 0.717) is 5.82 Å². The first-order chi connectivity index (χ1) is 17.2. The number of carbonyl (C=O) groups is 1. The van der Waals surface area contributed by atoms with E-state index >= 15 is 0 Å². The zero-order valence-electron chi connectivity index (χ0n) is 19.4. The summed E-state index contributed by atoms with van der Waals surface area (Å²) in [5.41, 5.74) is 4.26. The first-order valence-corrected chi connectivity index (χ1v) is 11.5. The molecule has 0 amide bonds. The number of ketones is 1. The minimum atomic E-state index is -0.634. The van der Waals surface area contributed by atoms with E-state index in [1.165, 1.54) is 0 Å². The van der Waals surface area contributed by atoms with Crippen LogP contribution in [0.1, 0.15) is 33.2 Å². The van der Waals surface area contributed by atoms with Gasteiger partial charge in [0, 0.05) is 36.0 Å². The highest BCUT2D eigenvalue weighted by Gasteiger charge is 2.32. The van der Waals surface area contributed by atoms with Crippen molar-refractivity contribution in [1.29, 1.82) is 0 Å². The van der Waals surface area contributed by atoms with Crippen LogP contribution in [-0.2, 0) is 7.05 Å². The molecule has 172 valence electrons. The Bertz CT molecular complexity index is 1450. The second-order valence-corrected chi connectivity index (χ2v) is 8.36. The Balaban J connectivity index is 1.68. The molecule has 0 unspecified atom stereocenters. The first kappa shape index (κ1) is 22.3. The topological polar surface area (TPSA) is 60.4 Å². The monoisotopic (exact) mass is 459 g/mol. The van der Waals surface area contributed by atoms with Crippen molar-refractivity contribution in [1.82, 2.24) is 9.55 Å². The van der Waals surface area contributed by atoms with Crippen LogP contribution in [0.5, 0.6) is 0 Å². The molecule has 5 nitrogen and oxygen atoms in total. The number of nitrogens with zero attached hydrogens (tertiary/aromatic N) is 3. The normalized spacial score (nSPS) is 12.7. The molecule has 2 heterocycles. The van der Waals surface area contributed by atoms with Gasteiger partial charge in [0.05, 0.1) is 23.9 Å². The number of aryl methyl sites for hydroxylation is 1. The van der Waals surface area contributed by atoms with Gasteiger partial charge in [0.25, 0.3) is 0 Å². The zero-order valence-corrected chi connectivity index (χ0v) is 19.4. The summed E-state index contributed by atoms with van der Waals surface area (Å²) in [6.07, 6.45) is 6.79. The van der Waals surface area contributed by atoms with Crippen LogP contribution < -0.4 is 0 Å². The first-order valence-electron chi connectivity index (χ1n) is 11.5. The number of rotatable bonds is 8. The van der Waals surface area contributed by atoms with E-state index in [1.54, 1.807) is 29.3 Å². The van der Waals surface area contributed by atoms with Crippen LogP contribution in [0.4, 0.5) is 0 Å². The van der Waals surface area contributed by atoms with Crippen LogP contribution in [0.3, 0.4) is 0 Å². The van der Waals surface area contributed by atoms with E-state index in [4.69, 9.17) is 9.41 Å². The van der Waals surface area contributed by atoms with Gasteiger partial charge in [0.15, 0.2) is 5.82 Å². The SMILES string of the molecule is C=C[C@H](N=C(c1ccccc1)c1ccccc1)[C@@H](C(=O)c1nccn1C)c1ccc2ccoc2c1. The van der Waals surface area contributed by atoms with Crippen molar-refractivity contribution in [2.75, 3.05) is 0 Å². The predicted octanol–water partition coefficient (Wildman–Crippen LogP) is 6.23. The van der Waals surface area contributed by atoms with Crippen molar-refractivity contribution in [2.24, 2.45) is 12.0 Å². The van der Waals surface area contributed by atoms with E-state index in [2.05, 4.69) is 11.6 Å². The van der Waals surface area contributed by atoms with Gasteiger partial charge in [-0.05, 0) is 17.7 Å². The largest absolute Gasteiger partial charge is 0.464 e. The van der Waals surface area contributed by atoms with Crippen molar-refractivity contribution >= 4 is 22.5 Å². The molecule has 0 bridgehead atoms. The van der Waals surface area contributed by atoms with Crippen molar-refractivity contribution in [3.63, 3.8) is 0 Å². The number of furan rings is 1. The van der Waals surface area contributed by atoms with E-state index in [9.17, 15) is 4.79 Å². The highest BCUT2D eigenvalue weighted by Crippen LogP contribution is 2.31. The molecule has 0 aliphatic heterocycles. The number of aromatic nitrogens is 2. The summed E-state index contributed by atoms with van der Waals surface area (Å²) in [5.74, 6) is -0.388. The molecular weight excluding hydrogens is 434 g/mol. The molecule has 0 N–H and O–H groups in total. The van der Waals surface area contributed by atoms with E-state index in [1.807, 2.05) is 92.0 Å². The zero-order chi connectivity index (χ0) is 24.2.